The van der Waals surface area contributed by atoms with E-state index in [9.17, 15) is 9.90 Å². The van der Waals surface area contributed by atoms with Gasteiger partial charge in [-0.2, -0.15) is 0 Å². The van der Waals surface area contributed by atoms with Crippen molar-refractivity contribution in [1.82, 2.24) is 15.2 Å². The Balaban J connectivity index is 2.14. The van der Waals surface area contributed by atoms with Crippen molar-refractivity contribution in [1.29, 1.82) is 0 Å². The lowest BCUT2D eigenvalue weighted by Gasteiger charge is -2.07. The van der Waals surface area contributed by atoms with Crippen molar-refractivity contribution < 1.29 is 14.3 Å². The highest BCUT2D eigenvalue weighted by Gasteiger charge is 2.13. The number of hydrogen-bond acceptors (Lipinski definition) is 7. The van der Waals surface area contributed by atoms with Gasteiger partial charge in [0.25, 0.3) is 11.1 Å². The molecule has 0 saturated heterocycles. The Morgan fingerprint density at radius 3 is 2.94 bits per heavy atom. The highest BCUT2D eigenvalue weighted by Crippen LogP contribution is 2.24. The lowest BCUT2D eigenvalue weighted by molar-refractivity contribution is -0.304. The zero-order valence-electron chi connectivity index (χ0n) is 8.86. The normalized spacial score (nSPS) is 12.3. The fourth-order valence-corrected chi connectivity index (χ4v) is 1.66. The van der Waals surface area contributed by atoms with Gasteiger partial charge in [-0.25, -0.2) is 0 Å². The number of carbonyl (C=O) groups excluding carboxylic acids is 1. The molecule has 88 valence electrons. The van der Waals surface area contributed by atoms with Crippen molar-refractivity contribution >= 4 is 17.7 Å². The number of carboxylic acids is 1. The first-order valence-electron chi connectivity index (χ1n) is 4.79. The van der Waals surface area contributed by atoms with Gasteiger partial charge in [0.2, 0.25) is 0 Å². The molecule has 17 heavy (non-hydrogen) atoms. The van der Waals surface area contributed by atoms with Gasteiger partial charge >= 0.3 is 0 Å². The standard InChI is InChI=1S/C10H9N3O3S/c1-6(9(14)15)17-10-13-12-8(16-10)7-4-2-3-5-11-7/h2-6H,1H3,(H,14,15)/p-1/t6-/m0/s1. The molecule has 0 bridgehead atoms. The number of hydrogen-bond donors (Lipinski definition) is 0. The van der Waals surface area contributed by atoms with E-state index in [1.807, 2.05) is 0 Å². The van der Waals surface area contributed by atoms with Gasteiger partial charge in [0.1, 0.15) is 5.69 Å². The third-order valence-corrected chi connectivity index (χ3v) is 2.81. The van der Waals surface area contributed by atoms with E-state index in [-0.39, 0.29) is 11.1 Å². The fourth-order valence-electron chi connectivity index (χ4n) is 1.05. The number of carboxylic acid groups (broad SMARTS) is 1. The number of aliphatic carboxylic acids is 1. The van der Waals surface area contributed by atoms with Crippen LogP contribution in [0.4, 0.5) is 0 Å². The molecule has 0 saturated carbocycles. The third kappa shape index (κ3) is 2.82. The molecule has 2 aromatic rings. The number of nitrogens with zero attached hydrogens (tertiary/aromatic N) is 3. The summed E-state index contributed by atoms with van der Waals surface area (Å²) in [4.78, 5) is 14.6. The maximum Gasteiger partial charge on any atom is 0.277 e. The van der Waals surface area contributed by atoms with E-state index in [0.717, 1.165) is 11.8 Å². The van der Waals surface area contributed by atoms with Crippen LogP contribution in [0.15, 0.2) is 34.0 Å². The molecule has 0 aliphatic rings. The van der Waals surface area contributed by atoms with E-state index >= 15 is 0 Å². The van der Waals surface area contributed by atoms with Crippen LogP contribution in [0.5, 0.6) is 0 Å². The lowest BCUT2D eigenvalue weighted by Crippen LogP contribution is -2.31. The molecule has 0 aliphatic heterocycles. The number of thioether (sulfide) groups is 1. The zero-order valence-corrected chi connectivity index (χ0v) is 9.68. The minimum Gasteiger partial charge on any atom is -0.549 e. The highest BCUT2D eigenvalue weighted by atomic mass is 32.2. The van der Waals surface area contributed by atoms with Crippen LogP contribution >= 0.6 is 11.8 Å². The minimum atomic E-state index is -1.17. The molecule has 0 fully saturated rings. The van der Waals surface area contributed by atoms with Gasteiger partial charge in [-0.05, 0) is 19.1 Å². The Morgan fingerprint density at radius 2 is 2.29 bits per heavy atom. The second-order valence-electron chi connectivity index (χ2n) is 3.17. The molecule has 0 aliphatic carbocycles. The summed E-state index contributed by atoms with van der Waals surface area (Å²) in [5, 5.41) is 17.5. The second kappa shape index (κ2) is 4.96. The van der Waals surface area contributed by atoms with Crippen molar-refractivity contribution in [3.05, 3.63) is 24.4 Å². The molecule has 7 heteroatoms. The van der Waals surface area contributed by atoms with Crippen molar-refractivity contribution in [3.8, 4) is 11.6 Å². The summed E-state index contributed by atoms with van der Waals surface area (Å²) in [6.07, 6.45) is 1.61. The summed E-state index contributed by atoms with van der Waals surface area (Å²) in [5.41, 5.74) is 0.549. The van der Waals surface area contributed by atoms with E-state index < -0.39 is 11.2 Å². The molecule has 2 rings (SSSR count). The molecule has 0 aromatic carbocycles. The number of carbonyl (C=O) groups is 1. The summed E-state index contributed by atoms with van der Waals surface area (Å²) in [6.45, 7) is 1.49. The average molecular weight is 250 g/mol. The number of aromatic nitrogens is 3. The summed E-state index contributed by atoms with van der Waals surface area (Å²) >= 11 is 0.937. The number of pyridine rings is 1. The van der Waals surface area contributed by atoms with Gasteiger partial charge < -0.3 is 14.3 Å². The smallest absolute Gasteiger partial charge is 0.277 e. The van der Waals surface area contributed by atoms with Gasteiger partial charge in [-0.15, -0.1) is 10.2 Å². The highest BCUT2D eigenvalue weighted by molar-refractivity contribution is 8.00. The van der Waals surface area contributed by atoms with Crippen molar-refractivity contribution in [3.63, 3.8) is 0 Å². The molecule has 0 spiro atoms. The fraction of sp³-hybridized carbons (Fsp3) is 0.200. The predicted octanol–water partition coefficient (Wildman–Crippen LogP) is 0.362. The van der Waals surface area contributed by atoms with Gasteiger partial charge in [0.15, 0.2) is 0 Å². The molecule has 6 nitrogen and oxygen atoms in total. The van der Waals surface area contributed by atoms with Gasteiger partial charge in [0.05, 0.1) is 11.2 Å². The number of rotatable bonds is 4. The molecular weight excluding hydrogens is 242 g/mol. The van der Waals surface area contributed by atoms with Crippen molar-refractivity contribution in [2.24, 2.45) is 0 Å². The van der Waals surface area contributed by atoms with E-state index in [1.54, 1.807) is 24.4 Å². The van der Waals surface area contributed by atoms with E-state index in [2.05, 4.69) is 15.2 Å². The average Bonchev–Trinajstić information content (AvgIpc) is 2.78. The summed E-state index contributed by atoms with van der Waals surface area (Å²) < 4.78 is 5.28. The Labute approximate surface area is 101 Å². The van der Waals surface area contributed by atoms with Gasteiger partial charge in [-0.1, -0.05) is 17.8 Å². The van der Waals surface area contributed by atoms with Crippen LogP contribution in [-0.4, -0.2) is 26.4 Å². The third-order valence-electron chi connectivity index (χ3n) is 1.90. The zero-order chi connectivity index (χ0) is 12.3. The van der Waals surface area contributed by atoms with Crippen molar-refractivity contribution in [2.45, 2.75) is 17.4 Å². The Morgan fingerprint density at radius 1 is 1.47 bits per heavy atom. The topological polar surface area (TPSA) is 91.9 Å². The maximum absolute atomic E-state index is 10.5. The molecular formula is C10H8N3O3S-. The lowest BCUT2D eigenvalue weighted by atomic mass is 10.3. The molecule has 2 aromatic heterocycles. The maximum atomic E-state index is 10.5. The quantitative estimate of drug-likeness (QED) is 0.723. The summed E-state index contributed by atoms with van der Waals surface area (Å²) in [7, 11) is 0. The van der Waals surface area contributed by atoms with Crippen molar-refractivity contribution in [2.75, 3.05) is 0 Å². The van der Waals surface area contributed by atoms with Gasteiger partial charge in [0, 0.05) is 6.20 Å². The van der Waals surface area contributed by atoms with E-state index in [4.69, 9.17) is 4.42 Å². The molecule has 0 radical (unpaired) electrons. The Hall–Kier alpha value is -1.89. The van der Waals surface area contributed by atoms with Crippen LogP contribution in [-0.2, 0) is 4.79 Å². The largest absolute Gasteiger partial charge is 0.549 e. The van der Waals surface area contributed by atoms with Crippen LogP contribution < -0.4 is 5.11 Å². The van der Waals surface area contributed by atoms with Crippen LogP contribution in [0, 0.1) is 0 Å². The van der Waals surface area contributed by atoms with Crippen LogP contribution in [0.3, 0.4) is 0 Å². The van der Waals surface area contributed by atoms with Gasteiger partial charge in [-0.3, -0.25) is 4.98 Å². The summed E-state index contributed by atoms with van der Waals surface area (Å²) in [5.74, 6) is -0.911. The predicted molar refractivity (Wildman–Crippen MR) is 57.9 cm³/mol. The van der Waals surface area contributed by atoms with E-state index in [0.29, 0.717) is 5.69 Å². The molecule has 0 amide bonds. The molecule has 2 heterocycles. The minimum absolute atomic E-state index is 0.183. The summed E-state index contributed by atoms with van der Waals surface area (Å²) in [6, 6.07) is 5.29. The first kappa shape index (κ1) is 11.6. The van der Waals surface area contributed by atoms with Crippen LogP contribution in [0.2, 0.25) is 0 Å². The monoisotopic (exact) mass is 250 g/mol. The second-order valence-corrected chi connectivity index (χ2v) is 4.46. The Kier molecular flexibility index (Phi) is 3.38. The SMILES string of the molecule is C[C@H](Sc1nnc(-c2ccccn2)o1)C(=O)[O-]. The first-order chi connectivity index (χ1) is 8.16. The van der Waals surface area contributed by atoms with Crippen LogP contribution in [0.1, 0.15) is 6.92 Å². The van der Waals surface area contributed by atoms with E-state index in [1.165, 1.54) is 6.92 Å². The first-order valence-corrected chi connectivity index (χ1v) is 5.67. The molecule has 1 atom stereocenters. The molecule has 0 unspecified atom stereocenters. The molecule has 0 N–H and O–H groups in total. The van der Waals surface area contributed by atoms with Crippen LogP contribution in [0.25, 0.3) is 11.6 Å². The Bertz CT molecular complexity index is 515.